The normalized spacial score (nSPS) is 22.0. The molecule has 2 saturated heterocycles. The summed E-state index contributed by atoms with van der Waals surface area (Å²) in [5.41, 5.74) is 5.04. The average molecular weight is 481 g/mol. The highest BCUT2D eigenvalue weighted by Crippen LogP contribution is 2.22. The van der Waals surface area contributed by atoms with E-state index in [0.29, 0.717) is 32.8 Å². The fraction of sp³-hybridized carbons (Fsp3) is 0.591. The molecule has 3 aliphatic heterocycles. The van der Waals surface area contributed by atoms with Gasteiger partial charge in [0.15, 0.2) is 0 Å². The lowest BCUT2D eigenvalue weighted by Crippen LogP contribution is -2.42. The molecule has 0 unspecified atom stereocenters. The molecule has 1 aromatic rings. The lowest BCUT2D eigenvalue weighted by molar-refractivity contribution is -0.131. The van der Waals surface area contributed by atoms with E-state index in [-0.39, 0.29) is 22.9 Å². The van der Waals surface area contributed by atoms with Crippen molar-refractivity contribution in [3.63, 3.8) is 0 Å². The molecule has 0 aromatic heterocycles. The molecule has 3 heterocycles. The van der Waals surface area contributed by atoms with Gasteiger partial charge in [-0.2, -0.15) is 0 Å². The van der Waals surface area contributed by atoms with Gasteiger partial charge < -0.3 is 19.3 Å². The minimum Gasteiger partial charge on any atom is -0.494 e. The van der Waals surface area contributed by atoms with E-state index < -0.39 is 0 Å². The predicted molar refractivity (Wildman–Crippen MR) is 123 cm³/mol. The third-order valence-corrected chi connectivity index (χ3v) is 5.96. The zero-order valence-corrected chi connectivity index (χ0v) is 19.4. The van der Waals surface area contributed by atoms with E-state index in [1.165, 1.54) is 19.4 Å². The number of ether oxygens (including phenoxy) is 2. The largest absolute Gasteiger partial charge is 0.494 e. The van der Waals surface area contributed by atoms with Gasteiger partial charge >= 0.3 is 0 Å². The van der Waals surface area contributed by atoms with E-state index in [9.17, 15) is 4.79 Å². The molecule has 2 fully saturated rings. The number of carbonyl (C=O) groups is 1. The Balaban J connectivity index is 0.00000256. The van der Waals surface area contributed by atoms with Gasteiger partial charge in [-0.25, -0.2) is 5.43 Å². The SMILES string of the molecule is Br.C[C@@H]1CCCN1CCCOc1ccc(N2C=C(C(=O)N3CCOCC3)CN2)cc1. The molecule has 166 valence electrons. The van der Waals surface area contributed by atoms with Crippen molar-refractivity contribution in [2.24, 2.45) is 0 Å². The van der Waals surface area contributed by atoms with E-state index in [1.807, 2.05) is 40.4 Å². The molecule has 0 spiro atoms. The summed E-state index contributed by atoms with van der Waals surface area (Å²) in [7, 11) is 0. The van der Waals surface area contributed by atoms with Crippen LogP contribution in [0.4, 0.5) is 5.69 Å². The molecular formula is C22H33BrN4O3. The van der Waals surface area contributed by atoms with Crippen LogP contribution in [0, 0.1) is 0 Å². The van der Waals surface area contributed by atoms with Gasteiger partial charge in [-0.05, 0) is 57.0 Å². The van der Waals surface area contributed by atoms with Crippen LogP contribution in [0.5, 0.6) is 5.75 Å². The number of benzene rings is 1. The second-order valence-corrected chi connectivity index (χ2v) is 7.99. The summed E-state index contributed by atoms with van der Waals surface area (Å²) in [4.78, 5) is 17.0. The summed E-state index contributed by atoms with van der Waals surface area (Å²) in [5.74, 6) is 0.978. The molecule has 0 saturated carbocycles. The van der Waals surface area contributed by atoms with Crippen LogP contribution in [-0.4, -0.2) is 74.3 Å². The van der Waals surface area contributed by atoms with Crippen molar-refractivity contribution >= 4 is 28.6 Å². The number of halogens is 1. The van der Waals surface area contributed by atoms with Crippen molar-refractivity contribution in [3.05, 3.63) is 36.0 Å². The number of nitrogens with one attached hydrogen (secondary N) is 1. The maximum Gasteiger partial charge on any atom is 0.252 e. The predicted octanol–water partition coefficient (Wildman–Crippen LogP) is 2.58. The highest BCUT2D eigenvalue weighted by Gasteiger charge is 2.25. The number of likely N-dealkylation sites (tertiary alicyclic amines) is 1. The van der Waals surface area contributed by atoms with E-state index in [0.717, 1.165) is 42.6 Å². The van der Waals surface area contributed by atoms with Crippen LogP contribution in [-0.2, 0) is 9.53 Å². The number of nitrogens with zero attached hydrogens (tertiary/aromatic N) is 3. The molecule has 8 heteroatoms. The average Bonchev–Trinajstić information content (AvgIpc) is 3.41. The lowest BCUT2D eigenvalue weighted by Gasteiger charge is -2.26. The lowest BCUT2D eigenvalue weighted by atomic mass is 10.2. The number of carbonyl (C=O) groups excluding carboxylic acids is 1. The second-order valence-electron chi connectivity index (χ2n) is 7.99. The van der Waals surface area contributed by atoms with Crippen LogP contribution in [0.3, 0.4) is 0 Å². The highest BCUT2D eigenvalue weighted by atomic mass is 79.9. The van der Waals surface area contributed by atoms with Gasteiger partial charge in [-0.1, -0.05) is 0 Å². The van der Waals surface area contributed by atoms with E-state index >= 15 is 0 Å². The summed E-state index contributed by atoms with van der Waals surface area (Å²) in [5, 5.41) is 1.91. The van der Waals surface area contributed by atoms with Crippen LogP contribution >= 0.6 is 17.0 Å². The Kier molecular flexibility index (Phi) is 8.56. The maximum atomic E-state index is 12.6. The quantitative estimate of drug-likeness (QED) is 0.605. The molecule has 30 heavy (non-hydrogen) atoms. The molecule has 0 radical (unpaired) electrons. The van der Waals surface area contributed by atoms with Crippen LogP contribution in [0.1, 0.15) is 26.2 Å². The topological polar surface area (TPSA) is 57.3 Å². The van der Waals surface area contributed by atoms with Crippen molar-refractivity contribution in [1.82, 2.24) is 15.2 Å². The number of morpholine rings is 1. The van der Waals surface area contributed by atoms with Crippen molar-refractivity contribution in [2.45, 2.75) is 32.2 Å². The first-order chi connectivity index (χ1) is 14.2. The highest BCUT2D eigenvalue weighted by molar-refractivity contribution is 8.93. The first kappa shape index (κ1) is 23.1. The standard InChI is InChI=1S/C22H32N4O3.BrH/c1-18-4-2-9-24(18)10-3-13-29-21-7-5-20(6-8-21)26-17-19(16-23-26)22(27)25-11-14-28-15-12-25;/h5-8,17-18,23H,2-4,9-16H2,1H3;1H/t18-;/m1./s1. The minimum absolute atomic E-state index is 0. The fourth-order valence-corrected chi connectivity index (χ4v) is 4.17. The first-order valence-corrected chi connectivity index (χ1v) is 10.8. The third kappa shape index (κ3) is 5.75. The minimum atomic E-state index is 0. The molecule has 1 N–H and O–H groups in total. The van der Waals surface area contributed by atoms with Crippen molar-refractivity contribution < 1.29 is 14.3 Å². The van der Waals surface area contributed by atoms with Gasteiger partial charge in [0.2, 0.25) is 0 Å². The molecule has 1 aromatic carbocycles. The van der Waals surface area contributed by atoms with Crippen LogP contribution < -0.4 is 15.2 Å². The Morgan fingerprint density at radius 3 is 2.67 bits per heavy atom. The number of rotatable bonds is 7. The van der Waals surface area contributed by atoms with Crippen LogP contribution in [0.2, 0.25) is 0 Å². The van der Waals surface area contributed by atoms with Gasteiger partial charge in [-0.15, -0.1) is 17.0 Å². The number of hydrogen-bond acceptors (Lipinski definition) is 6. The van der Waals surface area contributed by atoms with Gasteiger partial charge in [0, 0.05) is 38.4 Å². The Bertz CT molecular complexity index is 722. The number of hydrazine groups is 1. The number of anilines is 1. The second kappa shape index (κ2) is 11.1. The summed E-state index contributed by atoms with van der Waals surface area (Å²) < 4.78 is 11.2. The summed E-state index contributed by atoms with van der Waals surface area (Å²) in [6.07, 6.45) is 5.59. The number of hydrogen-bond donors (Lipinski definition) is 1. The fourth-order valence-electron chi connectivity index (χ4n) is 4.17. The van der Waals surface area contributed by atoms with Crippen LogP contribution in [0.15, 0.2) is 36.0 Å². The van der Waals surface area contributed by atoms with Crippen molar-refractivity contribution in [1.29, 1.82) is 0 Å². The van der Waals surface area contributed by atoms with Gasteiger partial charge in [0.05, 0.1) is 31.1 Å². The van der Waals surface area contributed by atoms with Crippen molar-refractivity contribution in [3.8, 4) is 5.75 Å². The van der Waals surface area contributed by atoms with Gasteiger partial charge in [0.25, 0.3) is 5.91 Å². The van der Waals surface area contributed by atoms with Gasteiger partial charge in [-0.3, -0.25) is 9.80 Å². The zero-order valence-electron chi connectivity index (χ0n) is 17.7. The molecule has 0 aliphatic carbocycles. The summed E-state index contributed by atoms with van der Waals surface area (Å²) in [6, 6.07) is 8.74. The molecule has 7 nitrogen and oxygen atoms in total. The van der Waals surface area contributed by atoms with Gasteiger partial charge in [0.1, 0.15) is 5.75 Å². The number of amides is 1. The van der Waals surface area contributed by atoms with E-state index in [2.05, 4.69) is 17.2 Å². The Labute approximate surface area is 189 Å². The molecule has 1 amide bonds. The smallest absolute Gasteiger partial charge is 0.252 e. The molecule has 0 bridgehead atoms. The maximum absolute atomic E-state index is 12.6. The summed E-state index contributed by atoms with van der Waals surface area (Å²) >= 11 is 0. The first-order valence-electron chi connectivity index (χ1n) is 10.8. The molecule has 1 atom stereocenters. The Hall–Kier alpha value is -1.61. The zero-order chi connectivity index (χ0) is 20.1. The summed E-state index contributed by atoms with van der Waals surface area (Å²) in [6.45, 7) is 8.50. The molecule has 3 aliphatic rings. The third-order valence-electron chi connectivity index (χ3n) is 5.96. The van der Waals surface area contributed by atoms with E-state index in [4.69, 9.17) is 9.47 Å². The van der Waals surface area contributed by atoms with E-state index in [1.54, 1.807) is 0 Å². The monoisotopic (exact) mass is 480 g/mol. The Morgan fingerprint density at radius 2 is 1.97 bits per heavy atom. The molecule has 4 rings (SSSR count). The Morgan fingerprint density at radius 1 is 1.20 bits per heavy atom. The molecular weight excluding hydrogens is 448 g/mol. The van der Waals surface area contributed by atoms with Crippen LogP contribution in [0.25, 0.3) is 0 Å². The van der Waals surface area contributed by atoms with Crippen molar-refractivity contribution in [2.75, 3.05) is 57.6 Å².